The van der Waals surface area contributed by atoms with E-state index in [0.717, 1.165) is 0 Å². The Kier molecular flexibility index (Phi) is 51.6. The van der Waals surface area contributed by atoms with Gasteiger partial charge in [0.15, 0.2) is 34.7 Å². The minimum Gasteiger partial charge on any atom is -0.303 e. The highest BCUT2D eigenvalue weighted by molar-refractivity contribution is 9.93. The zero-order chi connectivity index (χ0) is 71.0. The Morgan fingerprint density at radius 2 is 0.516 bits per heavy atom. The minimum absolute atomic E-state index is 0.0532. The van der Waals surface area contributed by atoms with E-state index in [0.29, 0.717) is 69.9 Å². The molecular weight excluding hydrogens is 1630 g/mol. The quantitative estimate of drug-likeness (QED) is 0.0677. The van der Waals surface area contributed by atoms with E-state index in [-0.39, 0.29) is 89.8 Å². The molecule has 6 aromatic carbocycles. The lowest BCUT2D eigenvalue weighted by molar-refractivity contribution is 0.0929. The molecule has 0 radical (unpaired) electrons. The van der Waals surface area contributed by atoms with Gasteiger partial charge in [-0.15, -0.1) is 46.4 Å². The van der Waals surface area contributed by atoms with Crippen molar-refractivity contribution in [1.82, 2.24) is 16.0 Å². The number of hydrogen-bond acceptors (Lipinski definition) is 9. The first kappa shape index (κ1) is 93.2. The third-order valence-electron chi connectivity index (χ3n) is 10.9. The van der Waals surface area contributed by atoms with E-state index in [4.69, 9.17) is 116 Å². The Bertz CT molecular complexity index is 2880. The molecule has 5 atom stereocenters. The summed E-state index contributed by atoms with van der Waals surface area (Å²) in [5.41, 5.74) is 3.71. The molecule has 0 aromatic heterocycles. The standard InChI is InChI=1S/3C13H18ClNO.2C9H8BrClO.C9H9ClO.2CH2Cl2.Br2/c3*1-9(15-13(2,3)4)12(16)10-6-5-7-11(14)8-10;2*1-6(10)9(12)7-3-2-4-8(11)5-7;1-2-9(11)7-4-3-5-8(10)6-7;2*2-1-3;1-2/h3*5-9,15H,1-4H3;2*2-6H,1H3;3-6H,2H2,1H3;2*1H2;. The van der Waals surface area contributed by atoms with E-state index < -0.39 is 0 Å². The van der Waals surface area contributed by atoms with Gasteiger partial charge in [0.1, 0.15) is 0 Å². The summed E-state index contributed by atoms with van der Waals surface area (Å²) in [6, 6.07) is 41.4. The number of carbonyl (C=O) groups is 6. The predicted octanol–water partition coefficient (Wildman–Crippen LogP) is 24.0. The van der Waals surface area contributed by atoms with Gasteiger partial charge in [0.05, 0.1) is 38.5 Å². The number of Topliss-reactive ketones (excluding diaryl/α,β-unsaturated/α-hetero) is 6. The first-order chi connectivity index (χ1) is 42.2. The SMILES string of the molecule is BrBr.CC(Br)C(=O)c1cccc(Cl)c1.CC(Br)C(=O)c1cccc(Cl)c1.CC(NC(C)(C)C)C(=O)c1cccc(Cl)c1.CC(NC(C)(C)C)C(=O)c1cccc(Cl)c1.CC(NC(C)(C)C)C(=O)c1cccc(Cl)c1.CCC(=O)c1cccc(Cl)c1.ClCCl.ClCCl. The van der Waals surface area contributed by atoms with Gasteiger partial charge in [-0.2, -0.15) is 0 Å². The highest BCUT2D eigenvalue weighted by Crippen LogP contribution is 2.19. The van der Waals surface area contributed by atoms with Crippen molar-refractivity contribution >= 4 is 211 Å². The maximum atomic E-state index is 12.1. The van der Waals surface area contributed by atoms with Gasteiger partial charge in [-0.25, -0.2) is 0 Å². The number of alkyl halides is 6. The number of benzene rings is 6. The van der Waals surface area contributed by atoms with Crippen molar-refractivity contribution in [3.63, 3.8) is 0 Å². The third kappa shape index (κ3) is 46.0. The van der Waals surface area contributed by atoms with E-state index in [2.05, 4.69) is 76.1 Å². The van der Waals surface area contributed by atoms with E-state index >= 15 is 0 Å². The molecule has 0 aliphatic carbocycles. The van der Waals surface area contributed by atoms with Gasteiger partial charge >= 0.3 is 0 Å². The molecule has 0 aliphatic heterocycles. The van der Waals surface area contributed by atoms with Crippen LogP contribution in [0, 0.1) is 0 Å². The maximum absolute atomic E-state index is 12.1. The van der Waals surface area contributed by atoms with Crippen molar-refractivity contribution in [3.05, 3.63) is 209 Å². The molecule has 23 heteroatoms. The second-order valence-corrected chi connectivity index (χ2v) is 29.4. The summed E-state index contributed by atoms with van der Waals surface area (Å²) in [6.45, 7) is 29.4. The average Bonchev–Trinajstić information content (AvgIpc) is 3.66. The Hall–Kier alpha value is -1.96. The van der Waals surface area contributed by atoms with Gasteiger partial charge < -0.3 is 16.0 Å². The van der Waals surface area contributed by atoms with Crippen LogP contribution in [0.5, 0.6) is 0 Å². The molecule has 6 rings (SSSR count). The van der Waals surface area contributed by atoms with Crippen LogP contribution in [0.1, 0.15) is 172 Å². The van der Waals surface area contributed by atoms with Gasteiger partial charge in [-0.3, -0.25) is 28.8 Å². The zero-order valence-electron chi connectivity index (χ0n) is 53.6. The third-order valence-corrected chi connectivity index (χ3v) is 13.1. The van der Waals surface area contributed by atoms with Crippen molar-refractivity contribution in [2.75, 3.05) is 10.7 Å². The van der Waals surface area contributed by atoms with Crippen LogP contribution in [0.2, 0.25) is 30.1 Å². The monoisotopic (exact) mass is 1700 g/mol. The van der Waals surface area contributed by atoms with Gasteiger partial charge in [0.2, 0.25) is 0 Å². The Morgan fingerprint density at radius 1 is 0.352 bits per heavy atom. The van der Waals surface area contributed by atoms with Crippen LogP contribution in [-0.2, 0) is 0 Å². The lowest BCUT2D eigenvalue weighted by Gasteiger charge is -2.25. The summed E-state index contributed by atoms with van der Waals surface area (Å²) < 4.78 is 0. The first-order valence-corrected chi connectivity index (χ1v) is 37.9. The van der Waals surface area contributed by atoms with Gasteiger partial charge in [-0.1, -0.05) is 181 Å². The van der Waals surface area contributed by atoms with Crippen molar-refractivity contribution in [2.45, 2.75) is 155 Å². The van der Waals surface area contributed by atoms with E-state index in [1.54, 1.807) is 159 Å². The van der Waals surface area contributed by atoms with Crippen LogP contribution in [-0.4, -0.2) is 89.8 Å². The van der Waals surface area contributed by atoms with Crippen LogP contribution in [0.4, 0.5) is 0 Å². The molecule has 0 aliphatic rings. The molecule has 5 unspecified atom stereocenters. The molecule has 0 amide bonds. The number of carbonyl (C=O) groups excluding carboxylic acids is 6. The smallest absolute Gasteiger partial charge is 0.179 e. The molecule has 91 heavy (non-hydrogen) atoms. The maximum Gasteiger partial charge on any atom is 0.179 e. The summed E-state index contributed by atoms with van der Waals surface area (Å²) in [7, 11) is 0. The number of nitrogens with one attached hydrogen (secondary N) is 3. The van der Waals surface area contributed by atoms with E-state index in [9.17, 15) is 28.8 Å². The summed E-state index contributed by atoms with van der Waals surface area (Å²) in [5, 5.41) is 13.7. The van der Waals surface area contributed by atoms with E-state index in [1.165, 1.54) is 0 Å². The number of hydrogen-bond donors (Lipinski definition) is 3. The minimum atomic E-state index is -0.210. The molecule has 3 N–H and O–H groups in total. The average molecular weight is 1710 g/mol. The molecule has 9 nitrogen and oxygen atoms in total. The first-order valence-electron chi connectivity index (χ1n) is 27.9. The van der Waals surface area contributed by atoms with Gasteiger partial charge in [0, 0.05) is 115 Å². The van der Waals surface area contributed by atoms with Crippen LogP contribution in [0.25, 0.3) is 0 Å². The molecule has 0 saturated carbocycles. The molecule has 0 spiro atoms. The van der Waals surface area contributed by atoms with Crippen molar-refractivity contribution in [1.29, 1.82) is 0 Å². The van der Waals surface area contributed by atoms with Gasteiger partial charge in [0.25, 0.3) is 0 Å². The predicted molar refractivity (Wildman–Crippen MR) is 410 cm³/mol. The van der Waals surface area contributed by atoms with Crippen LogP contribution in [0.15, 0.2) is 146 Å². The Morgan fingerprint density at radius 3 is 0.670 bits per heavy atom. The van der Waals surface area contributed by atoms with Crippen LogP contribution in [0.3, 0.4) is 0 Å². The molecular formula is C68H83Br4Cl10N3O6. The van der Waals surface area contributed by atoms with Gasteiger partial charge in [-0.05, 0) is 170 Å². The molecule has 504 valence electrons. The van der Waals surface area contributed by atoms with Crippen LogP contribution < -0.4 is 16.0 Å². The van der Waals surface area contributed by atoms with Crippen LogP contribution >= 0.6 is 176 Å². The highest BCUT2D eigenvalue weighted by Gasteiger charge is 2.23. The molecule has 0 fully saturated rings. The highest BCUT2D eigenvalue weighted by atomic mass is 80.9. The molecule has 0 bridgehead atoms. The largest absolute Gasteiger partial charge is 0.303 e. The molecule has 6 aromatic rings. The number of halogens is 14. The lowest BCUT2D eigenvalue weighted by atomic mass is 10.0. The zero-order valence-corrected chi connectivity index (χ0v) is 67.5. The number of ketones is 6. The number of rotatable bonds is 15. The van der Waals surface area contributed by atoms with Crippen molar-refractivity contribution in [2.24, 2.45) is 0 Å². The Balaban J connectivity index is -0.00000100. The molecule has 0 heterocycles. The Labute approximate surface area is 623 Å². The fraction of sp³-hybridized carbons (Fsp3) is 0.382. The lowest BCUT2D eigenvalue weighted by Crippen LogP contribution is -2.46. The topological polar surface area (TPSA) is 139 Å². The fourth-order valence-electron chi connectivity index (χ4n) is 7.43. The second-order valence-electron chi connectivity index (χ2n) is 22.4. The molecule has 0 saturated heterocycles. The second kappa shape index (κ2) is 50.4. The summed E-state index contributed by atoms with van der Waals surface area (Å²) >= 11 is 65.7. The summed E-state index contributed by atoms with van der Waals surface area (Å²) in [5.74, 6) is 0.440. The van der Waals surface area contributed by atoms with Crippen molar-refractivity contribution in [3.8, 4) is 0 Å². The summed E-state index contributed by atoms with van der Waals surface area (Å²) in [6.07, 6.45) is 0.528. The van der Waals surface area contributed by atoms with E-state index in [1.807, 2.05) is 90.0 Å². The normalized spacial score (nSPS) is 12.1. The van der Waals surface area contributed by atoms with Crippen molar-refractivity contribution < 1.29 is 28.8 Å². The fourth-order valence-corrected chi connectivity index (χ4v) is 9.10. The summed E-state index contributed by atoms with van der Waals surface area (Å²) in [4.78, 5) is 69.7.